The van der Waals surface area contributed by atoms with Crippen molar-refractivity contribution in [3.8, 4) is 0 Å². The van der Waals surface area contributed by atoms with Crippen molar-refractivity contribution in [2.45, 2.75) is 51.5 Å². The maximum absolute atomic E-state index is 14.2. The molecule has 2 saturated heterocycles. The van der Waals surface area contributed by atoms with Gasteiger partial charge in [0.05, 0.1) is 18.6 Å². The number of urea groups is 1. The summed E-state index contributed by atoms with van der Waals surface area (Å²) in [5.74, 6) is -0.250. The van der Waals surface area contributed by atoms with E-state index in [4.69, 9.17) is 0 Å². The lowest BCUT2D eigenvalue weighted by Gasteiger charge is -2.46. The number of hydrogen-bond donors (Lipinski definition) is 1. The predicted octanol–water partition coefficient (Wildman–Crippen LogP) is 4.23. The number of amides is 4. The minimum atomic E-state index is -0.734. The highest BCUT2D eigenvalue weighted by Crippen LogP contribution is 2.33. The van der Waals surface area contributed by atoms with Crippen LogP contribution in [0.4, 0.5) is 4.79 Å². The third-order valence-corrected chi connectivity index (χ3v) is 8.16. The second-order valence-electron chi connectivity index (χ2n) is 10.9. The Hall–Kier alpha value is -4.50. The summed E-state index contributed by atoms with van der Waals surface area (Å²) in [4.78, 5) is 49.5. The molecule has 2 aliphatic heterocycles. The fourth-order valence-electron chi connectivity index (χ4n) is 6.16. The van der Waals surface area contributed by atoms with E-state index in [1.807, 2.05) is 83.6 Å². The summed E-state index contributed by atoms with van der Waals surface area (Å²) in [7, 11) is 0. The summed E-state index contributed by atoms with van der Waals surface area (Å²) in [5.41, 5.74) is 3.71. The van der Waals surface area contributed by atoms with Gasteiger partial charge in [0.25, 0.3) is 0 Å². The van der Waals surface area contributed by atoms with Crippen LogP contribution in [0.2, 0.25) is 0 Å². The van der Waals surface area contributed by atoms with Crippen LogP contribution in [0.25, 0.3) is 10.9 Å². The van der Waals surface area contributed by atoms with Gasteiger partial charge in [0.15, 0.2) is 0 Å². The zero-order valence-corrected chi connectivity index (χ0v) is 23.9. The second-order valence-corrected chi connectivity index (χ2v) is 10.9. The first kappa shape index (κ1) is 27.7. The average Bonchev–Trinajstić information content (AvgIpc) is 3.35. The number of allylic oxidation sites excluding steroid dienone is 2. The highest BCUT2D eigenvalue weighted by Gasteiger charge is 2.53. The summed E-state index contributed by atoms with van der Waals surface area (Å²) >= 11 is 0. The summed E-state index contributed by atoms with van der Waals surface area (Å²) in [5, 5.41) is 7.54. The molecule has 9 nitrogen and oxygen atoms in total. The molecule has 0 bridgehead atoms. The average molecular weight is 565 g/mol. The lowest BCUT2D eigenvalue weighted by molar-refractivity contribution is -0.155. The molecule has 3 aromatic rings. The Morgan fingerprint density at radius 1 is 1.05 bits per heavy atom. The van der Waals surface area contributed by atoms with Crippen LogP contribution in [0.1, 0.15) is 37.3 Å². The number of hydrazine groups is 1. The van der Waals surface area contributed by atoms with Crippen molar-refractivity contribution in [1.82, 2.24) is 30.1 Å². The van der Waals surface area contributed by atoms with E-state index in [1.54, 1.807) is 16.1 Å². The fraction of sp³-hybridized carbons (Fsp3) is 0.333. The van der Waals surface area contributed by atoms with Gasteiger partial charge in [-0.05, 0) is 48.1 Å². The molecule has 1 N–H and O–H groups in total. The number of benzene rings is 2. The number of fused-ring (bicyclic) bond motifs is 2. The number of piperazine rings is 1. The minimum absolute atomic E-state index is 0.0379. The number of hydrogen-bond acceptors (Lipinski definition) is 5. The highest BCUT2D eigenvalue weighted by molar-refractivity contribution is 5.94. The molecule has 1 aromatic heterocycles. The van der Waals surface area contributed by atoms with Crippen LogP contribution in [0.3, 0.4) is 0 Å². The van der Waals surface area contributed by atoms with E-state index in [0.29, 0.717) is 26.2 Å². The molecule has 9 heteroatoms. The first-order chi connectivity index (χ1) is 20.5. The molecule has 6 rings (SSSR count). The predicted molar refractivity (Wildman–Crippen MR) is 160 cm³/mol. The van der Waals surface area contributed by atoms with E-state index in [1.165, 1.54) is 0 Å². The van der Waals surface area contributed by atoms with E-state index in [9.17, 15) is 14.4 Å². The lowest BCUT2D eigenvalue weighted by Crippen LogP contribution is -2.65. The first-order valence-electron chi connectivity index (χ1n) is 14.7. The number of aromatic nitrogens is 1. The van der Waals surface area contributed by atoms with Crippen molar-refractivity contribution in [2.75, 3.05) is 19.6 Å². The standard InChI is InChI=1S/C33H36N6O3/c1-2-19-37(33(42)35-20-24-11-5-3-6-12-24)38-23-30(40)39-29(38)22-36(32(41)31(39)25-13-7-4-8-14-25)21-26-17-18-34-28-16-10-9-15-27(26)28/h3,5-7,9-18,29,31H,2,4,8,19-23H2,1H3,(H,35,42)/t29?,31-/m0/s1. The fourth-order valence-corrected chi connectivity index (χ4v) is 6.16. The molecule has 0 spiro atoms. The van der Waals surface area contributed by atoms with Crippen LogP contribution in [0, 0.1) is 0 Å². The molecule has 2 aromatic carbocycles. The zero-order valence-electron chi connectivity index (χ0n) is 23.9. The third kappa shape index (κ3) is 5.39. The summed E-state index contributed by atoms with van der Waals surface area (Å²) in [6.07, 6.45) is 9.85. The Balaban J connectivity index is 1.32. The van der Waals surface area contributed by atoms with Gasteiger partial charge in [-0.2, -0.15) is 5.01 Å². The Kier molecular flexibility index (Phi) is 8.01. The number of nitrogens with one attached hydrogen (secondary N) is 1. The molecule has 1 aliphatic carbocycles. The largest absolute Gasteiger partial charge is 0.333 e. The monoisotopic (exact) mass is 564 g/mol. The van der Waals surface area contributed by atoms with Crippen LogP contribution in [-0.4, -0.2) is 74.5 Å². The zero-order chi connectivity index (χ0) is 29.1. The number of carbonyl (C=O) groups excluding carboxylic acids is 3. The molecule has 3 aliphatic rings. The van der Waals surface area contributed by atoms with Crippen molar-refractivity contribution >= 4 is 28.7 Å². The van der Waals surface area contributed by atoms with Gasteiger partial charge in [-0.3, -0.25) is 19.6 Å². The van der Waals surface area contributed by atoms with E-state index in [-0.39, 0.29) is 24.4 Å². The molecule has 2 atom stereocenters. The second kappa shape index (κ2) is 12.2. The van der Waals surface area contributed by atoms with Crippen molar-refractivity contribution in [2.24, 2.45) is 0 Å². The molecule has 0 saturated carbocycles. The molecule has 2 fully saturated rings. The van der Waals surface area contributed by atoms with Crippen LogP contribution < -0.4 is 5.32 Å². The van der Waals surface area contributed by atoms with Crippen LogP contribution >= 0.6 is 0 Å². The van der Waals surface area contributed by atoms with Crippen molar-refractivity contribution in [3.05, 3.63) is 102 Å². The smallest absolute Gasteiger partial charge is 0.332 e. The Morgan fingerprint density at radius 2 is 1.86 bits per heavy atom. The van der Waals surface area contributed by atoms with Gasteiger partial charge >= 0.3 is 6.03 Å². The highest BCUT2D eigenvalue weighted by atomic mass is 16.2. The maximum atomic E-state index is 14.2. The van der Waals surface area contributed by atoms with Crippen LogP contribution in [0.5, 0.6) is 0 Å². The normalized spacial score (nSPS) is 20.5. The van der Waals surface area contributed by atoms with Gasteiger partial charge in [-0.1, -0.05) is 73.7 Å². The maximum Gasteiger partial charge on any atom is 0.332 e. The van der Waals surface area contributed by atoms with Crippen LogP contribution in [0.15, 0.2) is 90.7 Å². The molecule has 216 valence electrons. The van der Waals surface area contributed by atoms with Gasteiger partial charge in [-0.25, -0.2) is 4.79 Å². The SMILES string of the molecule is CCCN(C(=O)NCc1ccccc1)N1CC(=O)N2C1CN(Cc1ccnc3ccccc13)C(=O)[C@@H]2C1=CCCC=C1. The molecule has 1 unspecified atom stereocenters. The third-order valence-electron chi connectivity index (χ3n) is 8.16. The van der Waals surface area contributed by atoms with Gasteiger partial charge < -0.3 is 15.1 Å². The van der Waals surface area contributed by atoms with Crippen molar-refractivity contribution in [1.29, 1.82) is 0 Å². The molecule has 42 heavy (non-hydrogen) atoms. The van der Waals surface area contributed by atoms with Gasteiger partial charge in [-0.15, -0.1) is 0 Å². The number of para-hydroxylation sites is 1. The summed E-state index contributed by atoms with van der Waals surface area (Å²) in [6, 6.07) is 18.6. The van der Waals surface area contributed by atoms with Crippen molar-refractivity contribution < 1.29 is 14.4 Å². The van der Waals surface area contributed by atoms with Gasteiger partial charge in [0.1, 0.15) is 12.2 Å². The Morgan fingerprint density at radius 3 is 2.64 bits per heavy atom. The molecule has 0 radical (unpaired) electrons. The number of carbonyl (C=O) groups is 3. The number of nitrogens with zero attached hydrogens (tertiary/aromatic N) is 5. The van der Waals surface area contributed by atoms with Crippen molar-refractivity contribution in [3.63, 3.8) is 0 Å². The van der Waals surface area contributed by atoms with E-state index in [2.05, 4.69) is 22.5 Å². The van der Waals surface area contributed by atoms with Crippen LogP contribution in [-0.2, 0) is 22.7 Å². The molecule has 3 heterocycles. The lowest BCUT2D eigenvalue weighted by atomic mass is 9.95. The number of rotatable bonds is 8. The van der Waals surface area contributed by atoms with E-state index >= 15 is 0 Å². The van der Waals surface area contributed by atoms with Gasteiger partial charge in [0.2, 0.25) is 11.8 Å². The molecular weight excluding hydrogens is 528 g/mol. The summed E-state index contributed by atoms with van der Waals surface area (Å²) in [6.45, 7) is 3.57. The first-order valence-corrected chi connectivity index (χ1v) is 14.7. The minimum Gasteiger partial charge on any atom is -0.333 e. The quantitative estimate of drug-likeness (QED) is 0.443. The topological polar surface area (TPSA) is 89.1 Å². The van der Waals surface area contributed by atoms with Gasteiger partial charge in [0, 0.05) is 31.2 Å². The molecule has 4 amide bonds. The Labute approximate surface area is 246 Å². The Bertz CT molecular complexity index is 1530. The molecular formula is C33H36N6O3. The summed E-state index contributed by atoms with van der Waals surface area (Å²) < 4.78 is 0. The van der Waals surface area contributed by atoms with E-state index < -0.39 is 12.2 Å². The number of pyridine rings is 1. The van der Waals surface area contributed by atoms with E-state index in [0.717, 1.165) is 46.9 Å².